The summed E-state index contributed by atoms with van der Waals surface area (Å²) in [5.74, 6) is 1.16. The van der Waals surface area contributed by atoms with Crippen molar-refractivity contribution in [2.45, 2.75) is 45.4 Å². The van der Waals surface area contributed by atoms with Crippen molar-refractivity contribution < 1.29 is 4.79 Å². The number of nitrogens with zero attached hydrogens (tertiary/aromatic N) is 1. The maximum Gasteiger partial charge on any atom is 0.241 e. The molecular weight excluding hydrogens is 270 g/mol. The molecule has 0 spiro atoms. The van der Waals surface area contributed by atoms with Gasteiger partial charge < -0.3 is 4.90 Å². The standard InChI is InChI=1S/C17H24ClNO/c1-13(2)15-8-5-9-16(10-15)19(17(20)11-18)12-14-6-3-4-7-14/h5,8-10,13-14H,3-4,6-7,11-12H2,1-2H3. The second-order valence-electron chi connectivity index (χ2n) is 6.04. The normalized spacial score (nSPS) is 15.8. The fourth-order valence-electron chi connectivity index (χ4n) is 2.93. The summed E-state index contributed by atoms with van der Waals surface area (Å²) in [4.78, 5) is 14.1. The number of rotatable bonds is 5. The van der Waals surface area contributed by atoms with Crippen LogP contribution in [0.15, 0.2) is 24.3 Å². The molecule has 0 bridgehead atoms. The SMILES string of the molecule is CC(C)c1cccc(N(CC2CCCC2)C(=O)CCl)c1. The minimum Gasteiger partial charge on any atom is -0.311 e. The average Bonchev–Trinajstić information content (AvgIpc) is 2.97. The quantitative estimate of drug-likeness (QED) is 0.728. The molecule has 0 radical (unpaired) electrons. The molecule has 1 amide bonds. The van der Waals surface area contributed by atoms with Gasteiger partial charge in [0.2, 0.25) is 5.91 Å². The first-order valence-corrected chi connectivity index (χ1v) is 8.11. The Bertz CT molecular complexity index is 452. The number of halogens is 1. The molecule has 110 valence electrons. The fourth-order valence-corrected chi connectivity index (χ4v) is 3.07. The Morgan fingerprint density at radius 2 is 2.05 bits per heavy atom. The van der Waals surface area contributed by atoms with Crippen molar-refractivity contribution in [1.29, 1.82) is 0 Å². The zero-order valence-electron chi connectivity index (χ0n) is 12.4. The Morgan fingerprint density at radius 3 is 2.65 bits per heavy atom. The highest BCUT2D eigenvalue weighted by atomic mass is 35.5. The minimum atomic E-state index is 0.0134. The summed E-state index contributed by atoms with van der Waals surface area (Å²) in [5, 5.41) is 0. The molecular formula is C17H24ClNO. The van der Waals surface area contributed by atoms with Crippen LogP contribution in [0.2, 0.25) is 0 Å². The third-order valence-corrected chi connectivity index (χ3v) is 4.41. The van der Waals surface area contributed by atoms with Gasteiger partial charge in [-0.05, 0) is 42.4 Å². The van der Waals surface area contributed by atoms with Gasteiger partial charge in [0.1, 0.15) is 5.88 Å². The molecule has 1 aromatic rings. The molecule has 1 aromatic carbocycles. The van der Waals surface area contributed by atoms with E-state index in [0.29, 0.717) is 11.8 Å². The van der Waals surface area contributed by atoms with E-state index in [4.69, 9.17) is 11.6 Å². The molecule has 20 heavy (non-hydrogen) atoms. The molecule has 3 heteroatoms. The monoisotopic (exact) mass is 293 g/mol. The van der Waals surface area contributed by atoms with E-state index in [1.165, 1.54) is 31.2 Å². The predicted octanol–water partition coefficient (Wildman–Crippen LogP) is 4.57. The van der Waals surface area contributed by atoms with Crippen molar-refractivity contribution in [3.63, 3.8) is 0 Å². The van der Waals surface area contributed by atoms with Crippen LogP contribution in [0.5, 0.6) is 0 Å². The highest BCUT2D eigenvalue weighted by Gasteiger charge is 2.22. The van der Waals surface area contributed by atoms with Crippen molar-refractivity contribution in [1.82, 2.24) is 0 Å². The van der Waals surface area contributed by atoms with Crippen LogP contribution in [-0.2, 0) is 4.79 Å². The zero-order valence-corrected chi connectivity index (χ0v) is 13.2. The van der Waals surface area contributed by atoms with E-state index in [2.05, 4.69) is 26.0 Å². The molecule has 2 nitrogen and oxygen atoms in total. The second kappa shape index (κ2) is 7.12. The van der Waals surface area contributed by atoms with Crippen molar-refractivity contribution in [2.75, 3.05) is 17.3 Å². The lowest BCUT2D eigenvalue weighted by Gasteiger charge is -2.26. The van der Waals surface area contributed by atoms with Gasteiger partial charge in [0.15, 0.2) is 0 Å². The van der Waals surface area contributed by atoms with Crippen LogP contribution in [0.4, 0.5) is 5.69 Å². The summed E-state index contributed by atoms with van der Waals surface area (Å²) in [6.07, 6.45) is 5.05. The van der Waals surface area contributed by atoms with Gasteiger partial charge in [0.05, 0.1) is 0 Å². The number of alkyl halides is 1. The van der Waals surface area contributed by atoms with E-state index in [9.17, 15) is 4.79 Å². The van der Waals surface area contributed by atoms with Crippen LogP contribution in [0.25, 0.3) is 0 Å². The van der Waals surface area contributed by atoms with Crippen molar-refractivity contribution >= 4 is 23.2 Å². The zero-order chi connectivity index (χ0) is 14.5. The average molecular weight is 294 g/mol. The smallest absolute Gasteiger partial charge is 0.241 e. The summed E-state index contributed by atoms with van der Waals surface area (Å²) in [5.41, 5.74) is 2.26. The first kappa shape index (κ1) is 15.4. The van der Waals surface area contributed by atoms with Gasteiger partial charge in [-0.25, -0.2) is 0 Å². The largest absolute Gasteiger partial charge is 0.311 e. The maximum atomic E-state index is 12.2. The predicted molar refractivity (Wildman–Crippen MR) is 85.6 cm³/mol. The molecule has 1 saturated carbocycles. The number of hydrogen-bond acceptors (Lipinski definition) is 1. The Morgan fingerprint density at radius 1 is 1.35 bits per heavy atom. The Balaban J connectivity index is 2.20. The van der Waals surface area contributed by atoms with Crippen LogP contribution in [0.1, 0.15) is 51.0 Å². The summed E-state index contributed by atoms with van der Waals surface area (Å²) in [6, 6.07) is 8.30. The lowest BCUT2D eigenvalue weighted by atomic mass is 10.0. The summed E-state index contributed by atoms with van der Waals surface area (Å²) < 4.78 is 0. The third-order valence-electron chi connectivity index (χ3n) is 4.18. The van der Waals surface area contributed by atoms with E-state index in [1.807, 2.05) is 17.0 Å². The van der Waals surface area contributed by atoms with Gasteiger partial charge in [-0.1, -0.05) is 38.8 Å². The summed E-state index contributed by atoms with van der Waals surface area (Å²) >= 11 is 5.79. The lowest BCUT2D eigenvalue weighted by molar-refractivity contribution is -0.116. The van der Waals surface area contributed by atoms with Crippen LogP contribution >= 0.6 is 11.6 Å². The third kappa shape index (κ3) is 3.76. The molecule has 1 fully saturated rings. The Labute approximate surface area is 127 Å². The number of anilines is 1. The molecule has 0 saturated heterocycles. The molecule has 2 rings (SSSR count). The number of hydrogen-bond donors (Lipinski definition) is 0. The van der Waals surface area contributed by atoms with Gasteiger partial charge in [0, 0.05) is 12.2 Å². The molecule has 0 heterocycles. The van der Waals surface area contributed by atoms with E-state index in [-0.39, 0.29) is 11.8 Å². The number of benzene rings is 1. The number of carbonyl (C=O) groups excluding carboxylic acids is 1. The highest BCUT2D eigenvalue weighted by molar-refractivity contribution is 6.29. The second-order valence-corrected chi connectivity index (χ2v) is 6.31. The van der Waals surface area contributed by atoms with Gasteiger partial charge in [0.25, 0.3) is 0 Å². The van der Waals surface area contributed by atoms with E-state index in [0.717, 1.165) is 12.2 Å². The van der Waals surface area contributed by atoms with Crippen molar-refractivity contribution in [3.05, 3.63) is 29.8 Å². The molecule has 0 N–H and O–H groups in total. The Hall–Kier alpha value is -1.02. The van der Waals surface area contributed by atoms with Crippen LogP contribution < -0.4 is 4.90 Å². The summed E-state index contributed by atoms with van der Waals surface area (Å²) in [7, 11) is 0. The molecule has 1 aliphatic carbocycles. The molecule has 0 aromatic heterocycles. The lowest BCUT2D eigenvalue weighted by Crippen LogP contribution is -2.35. The highest BCUT2D eigenvalue weighted by Crippen LogP contribution is 2.29. The van der Waals surface area contributed by atoms with Crippen molar-refractivity contribution in [3.8, 4) is 0 Å². The van der Waals surface area contributed by atoms with E-state index >= 15 is 0 Å². The molecule has 0 unspecified atom stereocenters. The minimum absolute atomic E-state index is 0.0134. The first-order chi connectivity index (χ1) is 9.61. The molecule has 0 atom stereocenters. The summed E-state index contributed by atoms with van der Waals surface area (Å²) in [6.45, 7) is 5.15. The topological polar surface area (TPSA) is 20.3 Å². The van der Waals surface area contributed by atoms with Gasteiger partial charge >= 0.3 is 0 Å². The van der Waals surface area contributed by atoms with E-state index < -0.39 is 0 Å². The van der Waals surface area contributed by atoms with E-state index in [1.54, 1.807) is 0 Å². The van der Waals surface area contributed by atoms with Crippen LogP contribution in [0.3, 0.4) is 0 Å². The van der Waals surface area contributed by atoms with Gasteiger partial charge in [-0.2, -0.15) is 0 Å². The maximum absolute atomic E-state index is 12.2. The Kier molecular flexibility index (Phi) is 5.47. The van der Waals surface area contributed by atoms with Gasteiger partial charge in [-0.15, -0.1) is 11.6 Å². The van der Waals surface area contributed by atoms with Gasteiger partial charge in [-0.3, -0.25) is 4.79 Å². The number of amides is 1. The van der Waals surface area contributed by atoms with Crippen LogP contribution in [0, 0.1) is 5.92 Å². The van der Waals surface area contributed by atoms with Crippen molar-refractivity contribution in [2.24, 2.45) is 5.92 Å². The number of carbonyl (C=O) groups is 1. The molecule has 1 aliphatic rings. The van der Waals surface area contributed by atoms with Crippen LogP contribution in [-0.4, -0.2) is 18.3 Å². The fraction of sp³-hybridized carbons (Fsp3) is 0.588. The molecule has 0 aliphatic heterocycles. The first-order valence-electron chi connectivity index (χ1n) is 7.58.